The third-order valence-corrected chi connectivity index (χ3v) is 7.06. The smallest absolute Gasteiger partial charge is 0.191 e. The fraction of sp³-hybridized carbons (Fsp3) is 0.611. The van der Waals surface area contributed by atoms with Crippen LogP contribution in [0.3, 0.4) is 0 Å². The third kappa shape index (κ3) is 5.82. The van der Waals surface area contributed by atoms with Crippen LogP contribution in [0.4, 0.5) is 0 Å². The molecule has 1 saturated heterocycles. The second-order valence-electron chi connectivity index (χ2n) is 6.78. The average molecular weight is 495 g/mol. The van der Waals surface area contributed by atoms with Gasteiger partial charge in [-0.2, -0.15) is 0 Å². The van der Waals surface area contributed by atoms with Gasteiger partial charge in [-0.05, 0) is 37.8 Å². The molecule has 6 nitrogen and oxygen atoms in total. The van der Waals surface area contributed by atoms with Crippen molar-refractivity contribution in [2.45, 2.75) is 38.0 Å². The van der Waals surface area contributed by atoms with Crippen molar-refractivity contribution in [2.75, 3.05) is 33.1 Å². The minimum atomic E-state index is -3.20. The highest BCUT2D eigenvalue weighted by atomic mass is 127. The number of benzene rings is 1. The highest BCUT2D eigenvalue weighted by molar-refractivity contribution is 14.0. The largest absolute Gasteiger partial charge is 0.381 e. The van der Waals surface area contributed by atoms with Crippen molar-refractivity contribution in [3.05, 3.63) is 34.9 Å². The van der Waals surface area contributed by atoms with Crippen LogP contribution in [0.2, 0.25) is 0 Å². The van der Waals surface area contributed by atoms with Crippen molar-refractivity contribution in [3.63, 3.8) is 0 Å². The number of aliphatic imine (C=N–C) groups is 1. The molecule has 1 heterocycles. The van der Waals surface area contributed by atoms with E-state index in [1.165, 1.54) is 22.9 Å². The molecule has 1 aliphatic heterocycles. The van der Waals surface area contributed by atoms with Crippen LogP contribution in [0, 0.1) is 13.8 Å². The van der Waals surface area contributed by atoms with E-state index in [1.54, 1.807) is 7.05 Å². The maximum absolute atomic E-state index is 12.3. The maximum Gasteiger partial charge on any atom is 0.191 e. The monoisotopic (exact) mass is 495 g/mol. The SMILES string of the molecule is CN=C(NCc1ccc(C)cc1C)NCC1(S(C)(=O)=O)CCOCC1.I. The molecule has 1 aromatic carbocycles. The number of hydrogen-bond acceptors (Lipinski definition) is 4. The van der Waals surface area contributed by atoms with Gasteiger partial charge in [-0.15, -0.1) is 24.0 Å². The molecule has 148 valence electrons. The Morgan fingerprint density at radius 3 is 2.42 bits per heavy atom. The minimum absolute atomic E-state index is 0. The van der Waals surface area contributed by atoms with Crippen LogP contribution >= 0.6 is 24.0 Å². The van der Waals surface area contributed by atoms with E-state index in [4.69, 9.17) is 4.74 Å². The molecule has 0 unspecified atom stereocenters. The summed E-state index contributed by atoms with van der Waals surface area (Å²) in [7, 11) is -1.51. The molecular formula is C18H30IN3O3S. The van der Waals surface area contributed by atoms with Gasteiger partial charge in [0.15, 0.2) is 15.8 Å². The maximum atomic E-state index is 12.3. The second kappa shape index (κ2) is 9.89. The van der Waals surface area contributed by atoms with Crippen molar-refractivity contribution in [3.8, 4) is 0 Å². The number of hydrogen-bond donors (Lipinski definition) is 2. The van der Waals surface area contributed by atoms with Crippen LogP contribution in [-0.2, 0) is 21.1 Å². The van der Waals surface area contributed by atoms with Crippen LogP contribution in [0.15, 0.2) is 23.2 Å². The lowest BCUT2D eigenvalue weighted by atomic mass is 9.99. The molecule has 26 heavy (non-hydrogen) atoms. The van der Waals surface area contributed by atoms with E-state index < -0.39 is 14.6 Å². The molecule has 0 aliphatic carbocycles. The van der Waals surface area contributed by atoms with Crippen LogP contribution in [-0.4, -0.2) is 52.2 Å². The van der Waals surface area contributed by atoms with Gasteiger partial charge in [0, 0.05) is 39.6 Å². The Kier molecular flexibility index (Phi) is 8.81. The molecule has 1 fully saturated rings. The van der Waals surface area contributed by atoms with Gasteiger partial charge in [0.25, 0.3) is 0 Å². The summed E-state index contributed by atoms with van der Waals surface area (Å²) in [5, 5.41) is 6.46. The van der Waals surface area contributed by atoms with Crippen molar-refractivity contribution in [2.24, 2.45) is 4.99 Å². The molecule has 0 bridgehead atoms. The first-order valence-electron chi connectivity index (χ1n) is 8.55. The average Bonchev–Trinajstić information content (AvgIpc) is 2.56. The van der Waals surface area contributed by atoms with Crippen molar-refractivity contribution in [1.29, 1.82) is 0 Å². The number of nitrogens with one attached hydrogen (secondary N) is 2. The topological polar surface area (TPSA) is 79.8 Å². The van der Waals surface area contributed by atoms with Crippen LogP contribution in [0.1, 0.15) is 29.5 Å². The summed E-state index contributed by atoms with van der Waals surface area (Å²) in [5.41, 5.74) is 3.65. The summed E-state index contributed by atoms with van der Waals surface area (Å²) >= 11 is 0. The van der Waals surface area contributed by atoms with Crippen molar-refractivity contribution in [1.82, 2.24) is 10.6 Å². The molecular weight excluding hydrogens is 465 g/mol. The quantitative estimate of drug-likeness (QED) is 0.372. The zero-order valence-electron chi connectivity index (χ0n) is 16.0. The molecule has 1 aromatic rings. The zero-order valence-corrected chi connectivity index (χ0v) is 19.1. The van der Waals surface area contributed by atoms with E-state index in [0.29, 0.717) is 45.1 Å². The number of sulfone groups is 1. The predicted molar refractivity (Wildman–Crippen MR) is 117 cm³/mol. The van der Waals surface area contributed by atoms with Gasteiger partial charge in [-0.25, -0.2) is 8.42 Å². The lowest BCUT2D eigenvalue weighted by Gasteiger charge is -2.35. The van der Waals surface area contributed by atoms with Crippen LogP contribution in [0.5, 0.6) is 0 Å². The predicted octanol–water partition coefficient (Wildman–Crippen LogP) is 2.18. The second-order valence-corrected chi connectivity index (χ2v) is 9.19. The van der Waals surface area contributed by atoms with E-state index in [0.717, 1.165) is 0 Å². The third-order valence-electron chi connectivity index (χ3n) is 4.94. The van der Waals surface area contributed by atoms with Gasteiger partial charge in [0.05, 0.1) is 4.75 Å². The summed E-state index contributed by atoms with van der Waals surface area (Å²) in [5.74, 6) is 0.606. The number of rotatable bonds is 5. The highest BCUT2D eigenvalue weighted by Crippen LogP contribution is 2.28. The number of ether oxygens (including phenoxy) is 1. The van der Waals surface area contributed by atoms with E-state index in [-0.39, 0.29) is 24.0 Å². The first kappa shape index (κ1) is 23.2. The van der Waals surface area contributed by atoms with E-state index in [1.807, 2.05) is 0 Å². The van der Waals surface area contributed by atoms with E-state index >= 15 is 0 Å². The molecule has 0 atom stereocenters. The Bertz CT molecular complexity index is 729. The van der Waals surface area contributed by atoms with Gasteiger partial charge in [-0.1, -0.05) is 23.8 Å². The number of halogens is 1. The Balaban J connectivity index is 0.00000338. The van der Waals surface area contributed by atoms with Gasteiger partial charge >= 0.3 is 0 Å². The molecule has 2 rings (SSSR count). The molecule has 0 aromatic heterocycles. The number of nitrogens with zero attached hydrogens (tertiary/aromatic N) is 1. The van der Waals surface area contributed by atoms with Crippen LogP contribution in [0.25, 0.3) is 0 Å². The number of guanidine groups is 1. The molecule has 0 saturated carbocycles. The van der Waals surface area contributed by atoms with Crippen LogP contribution < -0.4 is 10.6 Å². The zero-order chi connectivity index (χ0) is 18.5. The Labute approximate surface area is 174 Å². The summed E-state index contributed by atoms with van der Waals surface area (Å²) in [6.45, 7) is 6.08. The van der Waals surface area contributed by atoms with E-state index in [2.05, 4.69) is 47.7 Å². The molecule has 0 amide bonds. The lowest BCUT2D eigenvalue weighted by molar-refractivity contribution is 0.0756. The van der Waals surface area contributed by atoms with Gasteiger partial charge in [-0.3, -0.25) is 4.99 Å². The fourth-order valence-electron chi connectivity index (χ4n) is 3.11. The van der Waals surface area contributed by atoms with Gasteiger partial charge in [0.1, 0.15) is 0 Å². The molecule has 2 N–H and O–H groups in total. The molecule has 0 radical (unpaired) electrons. The fourth-order valence-corrected chi connectivity index (χ4v) is 4.35. The standard InChI is InChI=1S/C18H29N3O3S.HI/c1-14-5-6-16(15(2)11-14)12-20-17(19-3)21-13-18(25(4,22)23)7-9-24-10-8-18;/h5-6,11H,7-10,12-13H2,1-4H3,(H2,19,20,21);1H. The summed E-state index contributed by atoms with van der Waals surface area (Å²) in [6, 6.07) is 6.33. The van der Waals surface area contributed by atoms with E-state index in [9.17, 15) is 8.42 Å². The molecule has 8 heteroatoms. The normalized spacial score (nSPS) is 17.3. The summed E-state index contributed by atoms with van der Waals surface area (Å²) < 4.78 is 29.2. The van der Waals surface area contributed by atoms with Crippen molar-refractivity contribution < 1.29 is 13.2 Å². The number of aryl methyl sites for hydroxylation is 2. The summed E-state index contributed by atoms with van der Waals surface area (Å²) in [6.07, 6.45) is 2.33. The Hall–Kier alpha value is -0.870. The first-order valence-corrected chi connectivity index (χ1v) is 10.4. The highest BCUT2D eigenvalue weighted by Gasteiger charge is 2.42. The van der Waals surface area contributed by atoms with Gasteiger partial charge < -0.3 is 15.4 Å². The van der Waals surface area contributed by atoms with Gasteiger partial charge in [0.2, 0.25) is 0 Å². The minimum Gasteiger partial charge on any atom is -0.381 e. The lowest BCUT2D eigenvalue weighted by Crippen LogP contribution is -2.53. The van der Waals surface area contributed by atoms with Crippen molar-refractivity contribution >= 4 is 39.8 Å². The molecule has 1 aliphatic rings. The Morgan fingerprint density at radius 2 is 1.88 bits per heavy atom. The Morgan fingerprint density at radius 1 is 1.23 bits per heavy atom. The first-order chi connectivity index (χ1) is 11.8. The summed E-state index contributed by atoms with van der Waals surface area (Å²) in [4.78, 5) is 4.22. The molecule has 0 spiro atoms.